The molecule has 0 saturated carbocycles. The van der Waals surface area contributed by atoms with Crippen molar-refractivity contribution in [1.82, 2.24) is 4.98 Å². The van der Waals surface area contributed by atoms with Crippen molar-refractivity contribution in [2.75, 3.05) is 6.61 Å². The van der Waals surface area contributed by atoms with Crippen LogP contribution in [-0.4, -0.2) is 31.3 Å². The third kappa shape index (κ3) is 7.58. The molecule has 0 fully saturated rings. The minimum atomic E-state index is -1.53. The fraction of sp³-hybridized carbons (Fsp3) is 0.321. The van der Waals surface area contributed by atoms with Gasteiger partial charge in [0.2, 0.25) is 0 Å². The van der Waals surface area contributed by atoms with Gasteiger partial charge in [-0.25, -0.2) is 4.98 Å². The summed E-state index contributed by atoms with van der Waals surface area (Å²) >= 11 is 0. The molecule has 33 heavy (non-hydrogen) atoms. The summed E-state index contributed by atoms with van der Waals surface area (Å²) in [6.45, 7) is 13.6. The van der Waals surface area contributed by atoms with Gasteiger partial charge in [0.25, 0.3) is 0 Å². The van der Waals surface area contributed by atoms with Crippen LogP contribution < -0.4 is 0 Å². The van der Waals surface area contributed by atoms with Crippen molar-refractivity contribution in [1.29, 1.82) is 0 Å². The van der Waals surface area contributed by atoms with Crippen LogP contribution in [-0.2, 0) is 4.43 Å². The topological polar surface area (TPSA) is 46.8 Å². The van der Waals surface area contributed by atoms with E-state index in [1.807, 2.05) is 55.5 Å². The number of benzene rings is 2. The molecule has 3 rings (SSSR count). The second kappa shape index (κ2) is 11.3. The molecule has 0 radical (unpaired) electrons. The van der Waals surface area contributed by atoms with Gasteiger partial charge < -0.3 is 4.43 Å². The highest BCUT2D eigenvalue weighted by Crippen LogP contribution is 2.21. The molecule has 0 atom stereocenters. The predicted octanol–water partition coefficient (Wildman–Crippen LogP) is 7.59. The molecular weight excluding hydrogens is 422 g/mol. The minimum Gasteiger partial charge on any atom is -0.418 e. The summed E-state index contributed by atoms with van der Waals surface area (Å²) in [5, 5.41) is 0. The Balaban J connectivity index is 1.91. The van der Waals surface area contributed by atoms with Crippen molar-refractivity contribution in [3.63, 3.8) is 0 Å². The number of hydrogen-bond donors (Lipinski definition) is 0. The molecule has 0 unspecified atom stereocenters. The third-order valence-electron chi connectivity index (χ3n) is 5.28. The lowest BCUT2D eigenvalue weighted by molar-refractivity contribution is 0.307. The molecule has 0 bridgehead atoms. The van der Waals surface area contributed by atoms with Gasteiger partial charge in [0.05, 0.1) is 34.2 Å². The fourth-order valence-electron chi connectivity index (χ4n) is 3.42. The van der Waals surface area contributed by atoms with Crippen molar-refractivity contribution in [2.24, 2.45) is 9.98 Å². The highest BCUT2D eigenvalue weighted by molar-refractivity contribution is 6.69. The van der Waals surface area contributed by atoms with Crippen LogP contribution in [0, 0.1) is 13.8 Å². The lowest BCUT2D eigenvalue weighted by atomic mass is 10.1. The quantitative estimate of drug-likeness (QED) is 0.189. The zero-order valence-corrected chi connectivity index (χ0v) is 21.7. The molecule has 0 amide bonds. The summed E-state index contributed by atoms with van der Waals surface area (Å²) in [4.78, 5) is 14.8. The maximum Gasteiger partial charge on any atom is 0.183 e. The Bertz CT molecular complexity index is 1150. The molecular formula is C28H35N3OSi. The van der Waals surface area contributed by atoms with Gasteiger partial charge in [-0.05, 0) is 88.6 Å². The summed E-state index contributed by atoms with van der Waals surface area (Å²) in [5.74, 6) is 0. The van der Waals surface area contributed by atoms with Gasteiger partial charge in [0.1, 0.15) is 0 Å². The van der Waals surface area contributed by atoms with Crippen LogP contribution >= 0.6 is 0 Å². The van der Waals surface area contributed by atoms with E-state index < -0.39 is 8.32 Å². The average molecular weight is 458 g/mol. The lowest BCUT2D eigenvalue weighted by Gasteiger charge is -2.17. The maximum absolute atomic E-state index is 6.07. The van der Waals surface area contributed by atoms with Crippen molar-refractivity contribution >= 4 is 31.1 Å². The van der Waals surface area contributed by atoms with E-state index in [4.69, 9.17) is 19.4 Å². The molecule has 1 aromatic heterocycles. The number of aromatic nitrogens is 1. The van der Waals surface area contributed by atoms with Crippen LogP contribution in [0.25, 0.3) is 0 Å². The summed E-state index contributed by atoms with van der Waals surface area (Å²) in [7, 11) is -1.53. The SMILES string of the molecule is CC(=Nc1ccccc1C)c1cccc(C(CCCO[Si](C)(C)C)=Nc2ccccc2C)n1. The van der Waals surface area contributed by atoms with Crippen LogP contribution in [0.2, 0.25) is 19.6 Å². The van der Waals surface area contributed by atoms with E-state index in [2.05, 4.69) is 51.7 Å². The van der Waals surface area contributed by atoms with Crippen LogP contribution in [0.5, 0.6) is 0 Å². The molecule has 0 saturated heterocycles. The first-order valence-electron chi connectivity index (χ1n) is 11.6. The van der Waals surface area contributed by atoms with E-state index in [1.54, 1.807) is 0 Å². The standard InChI is InChI=1S/C28H35N3OSi/c1-21-13-7-9-15-24(21)29-23(3)26-17-11-18-27(31-26)28(19-12-20-32-33(4,5)6)30-25-16-10-8-14-22(25)2/h7-11,13-18H,12,19-20H2,1-6H3. The normalized spacial score (nSPS) is 12.8. The molecule has 2 aromatic carbocycles. The lowest BCUT2D eigenvalue weighted by Crippen LogP contribution is -2.26. The van der Waals surface area contributed by atoms with Gasteiger partial charge in [-0.15, -0.1) is 0 Å². The van der Waals surface area contributed by atoms with Gasteiger partial charge in [-0.3, -0.25) is 9.98 Å². The molecule has 172 valence electrons. The molecule has 4 nitrogen and oxygen atoms in total. The first-order chi connectivity index (χ1) is 15.7. The molecule has 1 heterocycles. The molecule has 3 aromatic rings. The number of para-hydroxylation sites is 2. The van der Waals surface area contributed by atoms with Gasteiger partial charge >= 0.3 is 0 Å². The molecule has 0 aliphatic heterocycles. The fourth-order valence-corrected chi connectivity index (χ4v) is 4.17. The van der Waals surface area contributed by atoms with Gasteiger partial charge in [0.15, 0.2) is 8.32 Å². The van der Waals surface area contributed by atoms with Crippen molar-refractivity contribution in [3.05, 3.63) is 89.2 Å². The molecule has 0 spiro atoms. The minimum absolute atomic E-state index is 0.746. The average Bonchev–Trinajstić information content (AvgIpc) is 2.78. The number of hydrogen-bond acceptors (Lipinski definition) is 4. The summed E-state index contributed by atoms with van der Waals surface area (Å²) < 4.78 is 6.07. The Morgan fingerprint density at radius 3 is 1.97 bits per heavy atom. The number of pyridine rings is 1. The van der Waals surface area contributed by atoms with Gasteiger partial charge in [-0.1, -0.05) is 42.5 Å². The maximum atomic E-state index is 6.07. The van der Waals surface area contributed by atoms with E-state index in [9.17, 15) is 0 Å². The first-order valence-corrected chi connectivity index (χ1v) is 15.0. The number of aliphatic imine (C=N–C) groups is 2. The van der Waals surface area contributed by atoms with Crippen LogP contribution in [0.15, 0.2) is 76.7 Å². The smallest absolute Gasteiger partial charge is 0.183 e. The number of aryl methyl sites for hydroxylation is 2. The second-order valence-electron chi connectivity index (χ2n) is 9.30. The van der Waals surface area contributed by atoms with Crippen LogP contribution in [0.1, 0.15) is 42.3 Å². The third-order valence-corrected chi connectivity index (χ3v) is 6.35. The van der Waals surface area contributed by atoms with E-state index in [0.717, 1.165) is 64.8 Å². The zero-order valence-electron chi connectivity index (χ0n) is 20.7. The Labute approximate surface area is 199 Å². The summed E-state index contributed by atoms with van der Waals surface area (Å²) in [6, 6.07) is 22.5. The summed E-state index contributed by atoms with van der Waals surface area (Å²) in [6.07, 6.45) is 1.72. The molecule has 0 aliphatic rings. The van der Waals surface area contributed by atoms with Gasteiger partial charge in [-0.2, -0.15) is 0 Å². The van der Waals surface area contributed by atoms with E-state index in [1.165, 1.54) is 0 Å². The number of rotatable bonds is 9. The Hall–Kier alpha value is -2.89. The largest absolute Gasteiger partial charge is 0.418 e. The zero-order chi connectivity index (χ0) is 23.8. The Kier molecular flexibility index (Phi) is 8.47. The number of nitrogens with zero attached hydrogens (tertiary/aromatic N) is 3. The van der Waals surface area contributed by atoms with Crippen LogP contribution in [0.3, 0.4) is 0 Å². The van der Waals surface area contributed by atoms with E-state index >= 15 is 0 Å². The monoisotopic (exact) mass is 457 g/mol. The second-order valence-corrected chi connectivity index (χ2v) is 13.8. The van der Waals surface area contributed by atoms with Crippen LogP contribution in [0.4, 0.5) is 11.4 Å². The van der Waals surface area contributed by atoms with Crippen molar-refractivity contribution < 1.29 is 4.43 Å². The highest BCUT2D eigenvalue weighted by atomic mass is 28.4. The van der Waals surface area contributed by atoms with E-state index in [0.29, 0.717) is 0 Å². The molecule has 0 aliphatic carbocycles. The Morgan fingerprint density at radius 2 is 1.36 bits per heavy atom. The predicted molar refractivity (Wildman–Crippen MR) is 143 cm³/mol. The first kappa shape index (κ1) is 24.7. The van der Waals surface area contributed by atoms with Crippen molar-refractivity contribution in [2.45, 2.75) is 53.3 Å². The summed E-state index contributed by atoms with van der Waals surface area (Å²) in [5.41, 5.74) is 7.89. The Morgan fingerprint density at radius 1 is 0.788 bits per heavy atom. The van der Waals surface area contributed by atoms with Gasteiger partial charge in [0, 0.05) is 6.61 Å². The molecule has 0 N–H and O–H groups in total. The highest BCUT2D eigenvalue weighted by Gasteiger charge is 2.15. The molecule has 5 heteroatoms. The van der Waals surface area contributed by atoms with Crippen molar-refractivity contribution in [3.8, 4) is 0 Å². The van der Waals surface area contributed by atoms with E-state index in [-0.39, 0.29) is 0 Å².